The van der Waals surface area contributed by atoms with Gasteiger partial charge < -0.3 is 19.7 Å². The Kier molecular flexibility index (Phi) is 3.59. The smallest absolute Gasteiger partial charge is 0.230 e. The van der Waals surface area contributed by atoms with E-state index >= 15 is 0 Å². The summed E-state index contributed by atoms with van der Waals surface area (Å²) in [6.45, 7) is 0. The highest BCUT2D eigenvalue weighted by atomic mass is 16.5. The van der Waals surface area contributed by atoms with Crippen molar-refractivity contribution in [2.75, 3.05) is 20.0 Å². The first-order valence-corrected chi connectivity index (χ1v) is 7.11. The number of rotatable bonds is 5. The summed E-state index contributed by atoms with van der Waals surface area (Å²) in [6.07, 6.45) is 4.03. The van der Waals surface area contributed by atoms with Gasteiger partial charge in [-0.3, -0.25) is 0 Å². The number of benzene rings is 1. The molecular weight excluding hydrogens is 268 g/mol. The molecule has 0 amide bonds. The molecule has 1 aliphatic carbocycles. The first-order chi connectivity index (χ1) is 10.2. The normalized spacial score (nSPS) is 16.5. The molecule has 1 aromatic carbocycles. The van der Waals surface area contributed by atoms with Crippen LogP contribution in [0.5, 0.6) is 5.75 Å². The second-order valence-electron chi connectivity index (χ2n) is 5.51. The van der Waals surface area contributed by atoms with Gasteiger partial charge in [0.1, 0.15) is 5.75 Å². The molecule has 5 nitrogen and oxygen atoms in total. The predicted octanol–water partition coefficient (Wildman–Crippen LogP) is 3.04. The van der Waals surface area contributed by atoms with E-state index in [4.69, 9.17) is 19.7 Å². The van der Waals surface area contributed by atoms with Crippen molar-refractivity contribution in [3.63, 3.8) is 0 Å². The zero-order chi connectivity index (χ0) is 14.9. The highest BCUT2D eigenvalue weighted by Gasteiger charge is 2.39. The molecule has 0 aliphatic heterocycles. The summed E-state index contributed by atoms with van der Waals surface area (Å²) in [5, 5.41) is 4.14. The third kappa shape index (κ3) is 2.49. The third-order valence-electron chi connectivity index (χ3n) is 4.36. The van der Waals surface area contributed by atoms with Crippen LogP contribution in [0.4, 0.5) is 5.88 Å². The molecular formula is C16H20N2O3. The van der Waals surface area contributed by atoms with E-state index in [0.717, 1.165) is 41.8 Å². The molecule has 1 aliphatic rings. The fourth-order valence-corrected chi connectivity index (χ4v) is 2.85. The van der Waals surface area contributed by atoms with Crippen molar-refractivity contribution in [2.45, 2.75) is 31.3 Å². The number of nitrogen functional groups attached to an aromatic ring is 1. The lowest BCUT2D eigenvalue weighted by Gasteiger charge is -2.40. The number of hydrogen-bond acceptors (Lipinski definition) is 5. The highest BCUT2D eigenvalue weighted by molar-refractivity contribution is 5.75. The second-order valence-corrected chi connectivity index (χ2v) is 5.51. The third-order valence-corrected chi connectivity index (χ3v) is 4.36. The van der Waals surface area contributed by atoms with Crippen molar-refractivity contribution in [1.82, 2.24) is 5.16 Å². The van der Waals surface area contributed by atoms with E-state index in [1.807, 2.05) is 24.3 Å². The van der Waals surface area contributed by atoms with Crippen LogP contribution in [0.15, 0.2) is 28.8 Å². The van der Waals surface area contributed by atoms with Crippen LogP contribution in [0.25, 0.3) is 11.1 Å². The van der Waals surface area contributed by atoms with Gasteiger partial charge in [-0.2, -0.15) is 0 Å². The van der Waals surface area contributed by atoms with Crippen molar-refractivity contribution in [2.24, 2.45) is 0 Å². The Morgan fingerprint density at radius 3 is 2.48 bits per heavy atom. The van der Waals surface area contributed by atoms with Crippen LogP contribution in [0.2, 0.25) is 0 Å². The van der Waals surface area contributed by atoms with E-state index < -0.39 is 0 Å². The molecule has 1 heterocycles. The van der Waals surface area contributed by atoms with Gasteiger partial charge in [0.2, 0.25) is 5.88 Å². The Hall–Kier alpha value is -2.01. The van der Waals surface area contributed by atoms with Gasteiger partial charge in [-0.1, -0.05) is 17.3 Å². The quantitative estimate of drug-likeness (QED) is 0.915. The highest BCUT2D eigenvalue weighted by Crippen LogP contribution is 2.41. The average Bonchev–Trinajstić information content (AvgIpc) is 2.84. The number of nitrogens with two attached hydrogens (primary N) is 1. The molecule has 1 saturated carbocycles. The van der Waals surface area contributed by atoms with E-state index in [-0.39, 0.29) is 5.60 Å². The van der Waals surface area contributed by atoms with E-state index in [1.54, 1.807) is 14.2 Å². The lowest BCUT2D eigenvalue weighted by molar-refractivity contribution is -0.0717. The Labute approximate surface area is 124 Å². The maximum absolute atomic E-state index is 5.96. The van der Waals surface area contributed by atoms with Crippen LogP contribution in [0, 0.1) is 0 Å². The molecule has 0 radical (unpaired) electrons. The fourth-order valence-electron chi connectivity index (χ4n) is 2.85. The minimum Gasteiger partial charge on any atom is -0.497 e. The van der Waals surface area contributed by atoms with E-state index in [0.29, 0.717) is 5.88 Å². The molecule has 0 saturated heterocycles. The molecule has 5 heteroatoms. The Bertz CT molecular complexity index is 609. The summed E-state index contributed by atoms with van der Waals surface area (Å²) in [5.74, 6) is 1.16. The zero-order valence-corrected chi connectivity index (χ0v) is 12.4. The molecule has 2 N–H and O–H groups in total. The average molecular weight is 288 g/mol. The van der Waals surface area contributed by atoms with Crippen molar-refractivity contribution in [3.8, 4) is 16.9 Å². The molecule has 0 spiro atoms. The minimum absolute atomic E-state index is 0.107. The molecule has 0 atom stereocenters. The number of methoxy groups -OCH3 is 2. The van der Waals surface area contributed by atoms with Crippen molar-refractivity contribution in [3.05, 3.63) is 30.0 Å². The van der Waals surface area contributed by atoms with Gasteiger partial charge in [0.05, 0.1) is 24.0 Å². The molecule has 1 fully saturated rings. The number of hydrogen-bond donors (Lipinski definition) is 1. The predicted molar refractivity (Wildman–Crippen MR) is 80.2 cm³/mol. The van der Waals surface area contributed by atoms with Crippen molar-refractivity contribution < 1.29 is 14.0 Å². The number of nitrogens with zero attached hydrogens (tertiary/aromatic N) is 1. The molecule has 2 aromatic rings. The Morgan fingerprint density at radius 2 is 1.95 bits per heavy atom. The summed E-state index contributed by atoms with van der Waals surface area (Å²) in [7, 11) is 3.41. The molecule has 3 rings (SSSR count). The number of ether oxygens (including phenoxy) is 2. The van der Waals surface area contributed by atoms with Crippen LogP contribution in [-0.4, -0.2) is 25.0 Å². The molecule has 112 valence electrons. The zero-order valence-electron chi connectivity index (χ0n) is 12.4. The molecule has 0 bridgehead atoms. The van der Waals surface area contributed by atoms with Gasteiger partial charge in [-0.25, -0.2) is 0 Å². The summed E-state index contributed by atoms with van der Waals surface area (Å²) >= 11 is 0. The Balaban J connectivity index is 1.92. The maximum Gasteiger partial charge on any atom is 0.230 e. The van der Waals surface area contributed by atoms with Crippen LogP contribution in [-0.2, 0) is 11.2 Å². The van der Waals surface area contributed by atoms with E-state index in [9.17, 15) is 0 Å². The van der Waals surface area contributed by atoms with Gasteiger partial charge in [-0.05, 0) is 37.0 Å². The van der Waals surface area contributed by atoms with Gasteiger partial charge >= 0.3 is 0 Å². The Morgan fingerprint density at radius 1 is 1.24 bits per heavy atom. The summed E-state index contributed by atoms with van der Waals surface area (Å²) in [4.78, 5) is 0. The van der Waals surface area contributed by atoms with Crippen molar-refractivity contribution >= 4 is 5.88 Å². The summed E-state index contributed by atoms with van der Waals surface area (Å²) in [5.41, 5.74) is 8.56. The van der Waals surface area contributed by atoms with Gasteiger partial charge in [-0.15, -0.1) is 0 Å². The minimum atomic E-state index is -0.107. The lowest BCUT2D eigenvalue weighted by atomic mass is 9.76. The molecule has 1 aromatic heterocycles. The van der Waals surface area contributed by atoms with Gasteiger partial charge in [0.25, 0.3) is 0 Å². The topological polar surface area (TPSA) is 70.5 Å². The standard InChI is InChI=1S/C16H20N2O3/c1-19-12-6-4-11(5-7-12)14-13(18-21-15(14)17)10-16(20-2)8-3-9-16/h4-7H,3,8-10,17H2,1-2H3. The number of anilines is 1. The lowest BCUT2D eigenvalue weighted by Crippen LogP contribution is -2.41. The number of aromatic nitrogens is 1. The van der Waals surface area contributed by atoms with Crippen LogP contribution >= 0.6 is 0 Å². The van der Waals surface area contributed by atoms with E-state index in [1.165, 1.54) is 6.42 Å². The first kappa shape index (κ1) is 13.9. The molecule has 0 unspecified atom stereocenters. The SMILES string of the molecule is COc1ccc(-c2c(CC3(OC)CCC3)noc2N)cc1. The summed E-state index contributed by atoms with van der Waals surface area (Å²) in [6, 6.07) is 7.74. The largest absolute Gasteiger partial charge is 0.497 e. The molecule has 21 heavy (non-hydrogen) atoms. The maximum atomic E-state index is 5.96. The van der Waals surface area contributed by atoms with Gasteiger partial charge in [0, 0.05) is 13.5 Å². The van der Waals surface area contributed by atoms with Crippen LogP contribution in [0.1, 0.15) is 25.0 Å². The second kappa shape index (κ2) is 5.41. The van der Waals surface area contributed by atoms with Crippen LogP contribution in [0.3, 0.4) is 0 Å². The summed E-state index contributed by atoms with van der Waals surface area (Å²) < 4.78 is 16.1. The monoisotopic (exact) mass is 288 g/mol. The first-order valence-electron chi connectivity index (χ1n) is 7.11. The van der Waals surface area contributed by atoms with Crippen molar-refractivity contribution in [1.29, 1.82) is 0 Å². The fraction of sp³-hybridized carbons (Fsp3) is 0.438. The van der Waals surface area contributed by atoms with Crippen LogP contribution < -0.4 is 10.5 Å². The van der Waals surface area contributed by atoms with E-state index in [2.05, 4.69) is 5.16 Å². The van der Waals surface area contributed by atoms with Gasteiger partial charge in [0.15, 0.2) is 0 Å².